The van der Waals surface area contributed by atoms with E-state index in [0.29, 0.717) is 0 Å². The predicted octanol–water partition coefficient (Wildman–Crippen LogP) is 2.97. The second kappa shape index (κ2) is 6.43. The smallest absolute Gasteiger partial charge is 0.412 e. The summed E-state index contributed by atoms with van der Waals surface area (Å²) in [6, 6.07) is 2.11. The van der Waals surface area contributed by atoms with Crippen molar-refractivity contribution in [2.45, 2.75) is 26.4 Å². The maximum absolute atomic E-state index is 13.8. The van der Waals surface area contributed by atoms with Crippen LogP contribution in [0.25, 0.3) is 0 Å². The predicted molar refractivity (Wildman–Crippen MR) is 74.1 cm³/mol. The molecule has 1 N–H and O–H groups in total. The zero-order valence-corrected chi connectivity index (χ0v) is 12.6. The molecule has 0 saturated heterocycles. The van der Waals surface area contributed by atoms with Crippen molar-refractivity contribution in [3.63, 3.8) is 0 Å². The highest BCUT2D eigenvalue weighted by Crippen LogP contribution is 2.28. The standard InChI is InChI=1S/C14H18FNO5/c1-14(2,3)21-13(18)16-10-7-9(15)8(12(17)20-5)6-11(10)19-4/h6-7H,1-5H3,(H,16,18). The summed E-state index contributed by atoms with van der Waals surface area (Å²) in [4.78, 5) is 23.1. The van der Waals surface area contributed by atoms with Crippen molar-refractivity contribution in [1.29, 1.82) is 0 Å². The molecule has 0 aliphatic carbocycles. The average molecular weight is 299 g/mol. The molecule has 0 saturated carbocycles. The summed E-state index contributed by atoms with van der Waals surface area (Å²) in [7, 11) is 2.47. The minimum Gasteiger partial charge on any atom is -0.495 e. The molecular weight excluding hydrogens is 281 g/mol. The fourth-order valence-electron chi connectivity index (χ4n) is 1.50. The van der Waals surface area contributed by atoms with Gasteiger partial charge in [0.2, 0.25) is 0 Å². The highest BCUT2D eigenvalue weighted by atomic mass is 19.1. The number of rotatable bonds is 3. The molecule has 6 nitrogen and oxygen atoms in total. The summed E-state index contributed by atoms with van der Waals surface area (Å²) in [5.74, 6) is -1.56. The molecule has 0 aromatic heterocycles. The van der Waals surface area contributed by atoms with Gasteiger partial charge in [-0.05, 0) is 26.8 Å². The Kier molecular flexibility index (Phi) is 5.12. The number of amides is 1. The number of methoxy groups -OCH3 is 2. The first-order valence-corrected chi connectivity index (χ1v) is 6.13. The molecule has 0 aliphatic heterocycles. The number of ether oxygens (including phenoxy) is 3. The number of halogens is 1. The maximum atomic E-state index is 13.8. The zero-order chi connectivity index (χ0) is 16.2. The van der Waals surface area contributed by atoms with Gasteiger partial charge < -0.3 is 14.2 Å². The van der Waals surface area contributed by atoms with E-state index in [1.54, 1.807) is 20.8 Å². The molecule has 1 aromatic rings. The number of benzene rings is 1. The molecule has 1 aromatic carbocycles. The van der Waals surface area contributed by atoms with E-state index in [0.717, 1.165) is 19.2 Å². The van der Waals surface area contributed by atoms with Gasteiger partial charge in [0.15, 0.2) is 0 Å². The van der Waals surface area contributed by atoms with E-state index in [2.05, 4.69) is 10.1 Å². The molecule has 0 atom stereocenters. The Bertz CT molecular complexity index is 551. The zero-order valence-electron chi connectivity index (χ0n) is 12.6. The van der Waals surface area contributed by atoms with Crippen molar-refractivity contribution in [2.75, 3.05) is 19.5 Å². The fourth-order valence-corrected chi connectivity index (χ4v) is 1.50. The SMILES string of the molecule is COC(=O)c1cc(OC)c(NC(=O)OC(C)(C)C)cc1F. The Hall–Kier alpha value is -2.31. The number of carbonyl (C=O) groups is 2. The lowest BCUT2D eigenvalue weighted by atomic mass is 10.1. The van der Waals surface area contributed by atoms with Crippen LogP contribution in [0.2, 0.25) is 0 Å². The normalized spacial score (nSPS) is 10.8. The Morgan fingerprint density at radius 2 is 1.81 bits per heavy atom. The van der Waals surface area contributed by atoms with Crippen LogP contribution < -0.4 is 10.1 Å². The highest BCUT2D eigenvalue weighted by Gasteiger charge is 2.21. The molecule has 0 radical (unpaired) electrons. The Balaban J connectivity index is 3.06. The highest BCUT2D eigenvalue weighted by molar-refractivity contribution is 5.93. The largest absolute Gasteiger partial charge is 0.495 e. The number of hydrogen-bond acceptors (Lipinski definition) is 5. The van der Waals surface area contributed by atoms with Gasteiger partial charge in [-0.15, -0.1) is 0 Å². The Morgan fingerprint density at radius 1 is 1.19 bits per heavy atom. The Labute approximate surface area is 122 Å². The minimum absolute atomic E-state index is 0.0527. The fraction of sp³-hybridized carbons (Fsp3) is 0.429. The molecule has 0 bridgehead atoms. The number of esters is 1. The number of anilines is 1. The van der Waals surface area contributed by atoms with Crippen molar-refractivity contribution in [1.82, 2.24) is 0 Å². The minimum atomic E-state index is -0.839. The van der Waals surface area contributed by atoms with Crippen LogP contribution in [-0.4, -0.2) is 31.9 Å². The summed E-state index contributed by atoms with van der Waals surface area (Å²) in [6.45, 7) is 5.10. The summed E-state index contributed by atoms with van der Waals surface area (Å²) in [6.07, 6.45) is -0.758. The topological polar surface area (TPSA) is 73.9 Å². The van der Waals surface area contributed by atoms with Gasteiger partial charge in [0.05, 0.1) is 25.5 Å². The van der Waals surface area contributed by atoms with Gasteiger partial charge in [-0.3, -0.25) is 5.32 Å². The van der Waals surface area contributed by atoms with Crippen LogP contribution in [-0.2, 0) is 9.47 Å². The van der Waals surface area contributed by atoms with E-state index >= 15 is 0 Å². The van der Waals surface area contributed by atoms with E-state index in [4.69, 9.17) is 9.47 Å². The monoisotopic (exact) mass is 299 g/mol. The summed E-state index contributed by atoms with van der Waals surface area (Å²) in [5, 5.41) is 2.36. The lowest BCUT2D eigenvalue weighted by Gasteiger charge is -2.20. The van der Waals surface area contributed by atoms with Crippen LogP contribution in [0.5, 0.6) is 5.75 Å². The molecule has 1 rings (SSSR count). The van der Waals surface area contributed by atoms with Crippen LogP contribution in [0, 0.1) is 5.82 Å². The van der Waals surface area contributed by atoms with E-state index < -0.39 is 23.5 Å². The van der Waals surface area contributed by atoms with Crippen LogP contribution in [0.15, 0.2) is 12.1 Å². The third-order valence-electron chi connectivity index (χ3n) is 2.33. The second-order valence-corrected chi connectivity index (χ2v) is 5.15. The molecule has 0 heterocycles. The van der Waals surface area contributed by atoms with Crippen LogP contribution in [0.3, 0.4) is 0 Å². The van der Waals surface area contributed by atoms with Crippen LogP contribution >= 0.6 is 0 Å². The van der Waals surface area contributed by atoms with E-state index in [-0.39, 0.29) is 17.0 Å². The third-order valence-corrected chi connectivity index (χ3v) is 2.33. The number of nitrogens with one attached hydrogen (secondary N) is 1. The van der Waals surface area contributed by atoms with Gasteiger partial charge in [0, 0.05) is 6.07 Å². The van der Waals surface area contributed by atoms with Gasteiger partial charge in [-0.1, -0.05) is 0 Å². The Morgan fingerprint density at radius 3 is 2.29 bits per heavy atom. The van der Waals surface area contributed by atoms with Gasteiger partial charge >= 0.3 is 12.1 Å². The van der Waals surface area contributed by atoms with Crippen molar-refractivity contribution >= 4 is 17.7 Å². The van der Waals surface area contributed by atoms with Gasteiger partial charge in [0.1, 0.15) is 17.2 Å². The first kappa shape index (κ1) is 16.7. The summed E-state index contributed by atoms with van der Waals surface area (Å²) < 4.78 is 28.4. The molecule has 21 heavy (non-hydrogen) atoms. The van der Waals surface area contributed by atoms with Gasteiger partial charge in [-0.25, -0.2) is 14.0 Å². The second-order valence-electron chi connectivity index (χ2n) is 5.15. The molecule has 0 spiro atoms. The first-order chi connectivity index (χ1) is 9.67. The van der Waals surface area contributed by atoms with Crippen molar-refractivity contribution in [3.05, 3.63) is 23.5 Å². The lowest BCUT2D eigenvalue weighted by Crippen LogP contribution is -2.27. The quantitative estimate of drug-likeness (QED) is 0.869. The lowest BCUT2D eigenvalue weighted by molar-refractivity contribution is 0.0593. The molecule has 0 unspecified atom stereocenters. The van der Waals surface area contributed by atoms with E-state index in [9.17, 15) is 14.0 Å². The average Bonchev–Trinajstić information content (AvgIpc) is 2.35. The molecular formula is C14H18FNO5. The van der Waals surface area contributed by atoms with Gasteiger partial charge in [0.25, 0.3) is 0 Å². The van der Waals surface area contributed by atoms with E-state index in [1.165, 1.54) is 7.11 Å². The summed E-state index contributed by atoms with van der Waals surface area (Å²) in [5.41, 5.74) is -0.928. The van der Waals surface area contributed by atoms with Gasteiger partial charge in [-0.2, -0.15) is 0 Å². The van der Waals surface area contributed by atoms with Crippen LogP contribution in [0.1, 0.15) is 31.1 Å². The molecule has 1 amide bonds. The number of carbonyl (C=O) groups excluding carboxylic acids is 2. The van der Waals surface area contributed by atoms with Crippen molar-refractivity contribution in [2.24, 2.45) is 0 Å². The maximum Gasteiger partial charge on any atom is 0.412 e. The number of hydrogen-bond donors (Lipinski definition) is 1. The molecule has 7 heteroatoms. The van der Waals surface area contributed by atoms with Crippen molar-refractivity contribution < 1.29 is 28.2 Å². The molecule has 0 aliphatic rings. The molecule has 116 valence electrons. The molecule has 0 fully saturated rings. The summed E-state index contributed by atoms with van der Waals surface area (Å²) >= 11 is 0. The first-order valence-electron chi connectivity index (χ1n) is 6.13. The van der Waals surface area contributed by atoms with Crippen LogP contribution in [0.4, 0.5) is 14.9 Å². The third kappa shape index (κ3) is 4.62. The van der Waals surface area contributed by atoms with E-state index in [1.807, 2.05) is 0 Å². The van der Waals surface area contributed by atoms with Crippen molar-refractivity contribution in [3.8, 4) is 5.75 Å².